The van der Waals surface area contributed by atoms with Crippen molar-refractivity contribution in [2.24, 2.45) is 0 Å². The lowest BCUT2D eigenvalue weighted by Gasteiger charge is -2.07. The molecule has 1 aromatic carbocycles. The summed E-state index contributed by atoms with van der Waals surface area (Å²) in [6, 6.07) is 5.36. The molecule has 19 heavy (non-hydrogen) atoms. The zero-order chi connectivity index (χ0) is 14.3. The fourth-order valence-corrected chi connectivity index (χ4v) is 1.74. The maximum Gasteiger partial charge on any atom is 0.313 e. The van der Waals surface area contributed by atoms with Crippen LogP contribution in [0.25, 0.3) is 0 Å². The predicted molar refractivity (Wildman–Crippen MR) is 77.0 cm³/mol. The summed E-state index contributed by atoms with van der Waals surface area (Å²) in [7, 11) is 1.59. The van der Waals surface area contributed by atoms with E-state index in [-0.39, 0.29) is 0 Å². The molecule has 6 heteroatoms. The van der Waals surface area contributed by atoms with Gasteiger partial charge in [-0.05, 0) is 31.0 Å². The Morgan fingerprint density at radius 1 is 1.32 bits per heavy atom. The highest BCUT2D eigenvalue weighted by molar-refractivity contribution is 9.10. The first-order valence-corrected chi connectivity index (χ1v) is 6.68. The van der Waals surface area contributed by atoms with E-state index in [4.69, 9.17) is 4.74 Å². The quantitative estimate of drug-likeness (QED) is 0.640. The maximum atomic E-state index is 11.6. The molecule has 0 bridgehead atoms. The first-order valence-electron chi connectivity index (χ1n) is 5.89. The van der Waals surface area contributed by atoms with Gasteiger partial charge in [-0.3, -0.25) is 9.59 Å². The van der Waals surface area contributed by atoms with Crippen molar-refractivity contribution in [3.63, 3.8) is 0 Å². The number of carbonyl (C=O) groups is 2. The molecule has 0 radical (unpaired) electrons. The SMILES string of the molecule is COCCCNC(=O)C(=O)Nc1ccc(C)c(Br)c1. The Balaban J connectivity index is 2.45. The lowest BCUT2D eigenvalue weighted by atomic mass is 10.2. The van der Waals surface area contributed by atoms with Gasteiger partial charge in [0.25, 0.3) is 0 Å². The van der Waals surface area contributed by atoms with Gasteiger partial charge in [-0.1, -0.05) is 22.0 Å². The fraction of sp³-hybridized carbons (Fsp3) is 0.385. The number of nitrogens with one attached hydrogen (secondary N) is 2. The molecule has 0 aliphatic rings. The molecular formula is C13H17BrN2O3. The summed E-state index contributed by atoms with van der Waals surface area (Å²) >= 11 is 3.37. The number of benzene rings is 1. The molecule has 104 valence electrons. The van der Waals surface area contributed by atoms with Crippen LogP contribution in [0.3, 0.4) is 0 Å². The number of methoxy groups -OCH3 is 1. The Labute approximate surface area is 120 Å². The zero-order valence-electron chi connectivity index (χ0n) is 11.0. The van der Waals surface area contributed by atoms with E-state index in [1.54, 1.807) is 19.2 Å². The van der Waals surface area contributed by atoms with Gasteiger partial charge in [-0.25, -0.2) is 0 Å². The second-order valence-corrected chi connectivity index (χ2v) is 4.87. The minimum absolute atomic E-state index is 0.414. The van der Waals surface area contributed by atoms with E-state index in [0.717, 1.165) is 10.0 Å². The highest BCUT2D eigenvalue weighted by Gasteiger charge is 2.13. The van der Waals surface area contributed by atoms with Crippen molar-refractivity contribution < 1.29 is 14.3 Å². The van der Waals surface area contributed by atoms with Gasteiger partial charge < -0.3 is 15.4 Å². The largest absolute Gasteiger partial charge is 0.385 e. The summed E-state index contributed by atoms with van der Waals surface area (Å²) in [5, 5.41) is 5.06. The second-order valence-electron chi connectivity index (χ2n) is 4.02. The van der Waals surface area contributed by atoms with Crippen molar-refractivity contribution in [1.82, 2.24) is 5.32 Å². The first kappa shape index (κ1) is 15.7. The highest BCUT2D eigenvalue weighted by atomic mass is 79.9. The number of anilines is 1. The van der Waals surface area contributed by atoms with Crippen LogP contribution in [0.2, 0.25) is 0 Å². The number of hydrogen-bond donors (Lipinski definition) is 2. The molecule has 0 atom stereocenters. The van der Waals surface area contributed by atoms with Crippen LogP contribution in [0.5, 0.6) is 0 Å². The molecule has 0 saturated heterocycles. The average Bonchev–Trinajstić information content (AvgIpc) is 2.38. The van der Waals surface area contributed by atoms with Gasteiger partial charge >= 0.3 is 11.8 Å². The molecule has 0 fully saturated rings. The minimum atomic E-state index is -0.673. The van der Waals surface area contributed by atoms with E-state index >= 15 is 0 Å². The van der Waals surface area contributed by atoms with Crippen molar-refractivity contribution in [2.75, 3.05) is 25.6 Å². The summed E-state index contributed by atoms with van der Waals surface area (Å²) < 4.78 is 5.73. The van der Waals surface area contributed by atoms with E-state index in [1.807, 2.05) is 13.0 Å². The molecular weight excluding hydrogens is 312 g/mol. The lowest BCUT2D eigenvalue weighted by Crippen LogP contribution is -2.36. The van der Waals surface area contributed by atoms with Crippen LogP contribution in [-0.2, 0) is 14.3 Å². The third-order valence-electron chi connectivity index (χ3n) is 2.45. The number of hydrogen-bond acceptors (Lipinski definition) is 3. The van der Waals surface area contributed by atoms with Crippen LogP contribution in [0.4, 0.5) is 5.69 Å². The third kappa shape index (κ3) is 5.40. The zero-order valence-corrected chi connectivity index (χ0v) is 12.5. The summed E-state index contributed by atoms with van der Waals surface area (Å²) in [4.78, 5) is 23.1. The van der Waals surface area contributed by atoms with Gasteiger partial charge in [0.1, 0.15) is 0 Å². The van der Waals surface area contributed by atoms with Gasteiger partial charge in [0.2, 0.25) is 0 Å². The molecule has 5 nitrogen and oxygen atoms in total. The monoisotopic (exact) mass is 328 g/mol. The fourth-order valence-electron chi connectivity index (χ4n) is 1.36. The number of rotatable bonds is 5. The molecule has 1 rings (SSSR count). The number of amides is 2. The molecule has 0 spiro atoms. The Kier molecular flexibility index (Phi) is 6.52. The maximum absolute atomic E-state index is 11.6. The van der Waals surface area contributed by atoms with Crippen molar-refractivity contribution >= 4 is 33.4 Å². The van der Waals surface area contributed by atoms with Gasteiger partial charge in [0.05, 0.1) is 0 Å². The van der Waals surface area contributed by atoms with E-state index < -0.39 is 11.8 Å². The average molecular weight is 329 g/mol. The normalized spacial score (nSPS) is 10.1. The summed E-state index contributed by atoms with van der Waals surface area (Å²) in [6.07, 6.45) is 0.672. The molecule has 0 unspecified atom stereocenters. The standard InChI is InChI=1S/C13H17BrN2O3/c1-9-4-5-10(8-11(9)14)16-13(18)12(17)15-6-3-7-19-2/h4-5,8H,3,6-7H2,1-2H3,(H,15,17)(H,16,18). The van der Waals surface area contributed by atoms with Crippen molar-refractivity contribution in [2.45, 2.75) is 13.3 Å². The Bertz CT molecular complexity index is 463. The van der Waals surface area contributed by atoms with Crippen molar-refractivity contribution in [3.8, 4) is 0 Å². The second kappa shape index (κ2) is 7.91. The van der Waals surface area contributed by atoms with Crippen LogP contribution >= 0.6 is 15.9 Å². The van der Waals surface area contributed by atoms with E-state index in [9.17, 15) is 9.59 Å². The molecule has 2 amide bonds. The minimum Gasteiger partial charge on any atom is -0.385 e. The van der Waals surface area contributed by atoms with Gasteiger partial charge in [-0.15, -0.1) is 0 Å². The van der Waals surface area contributed by atoms with Crippen molar-refractivity contribution in [3.05, 3.63) is 28.2 Å². The molecule has 1 aromatic rings. The molecule has 2 N–H and O–H groups in total. The van der Waals surface area contributed by atoms with Gasteiger partial charge in [0.15, 0.2) is 0 Å². The number of halogens is 1. The highest BCUT2D eigenvalue weighted by Crippen LogP contribution is 2.20. The Morgan fingerprint density at radius 2 is 2.05 bits per heavy atom. The van der Waals surface area contributed by atoms with E-state index in [1.165, 1.54) is 0 Å². The van der Waals surface area contributed by atoms with E-state index in [0.29, 0.717) is 25.3 Å². The van der Waals surface area contributed by atoms with Crippen LogP contribution in [-0.4, -0.2) is 32.1 Å². The molecule has 0 aromatic heterocycles. The van der Waals surface area contributed by atoms with Crippen LogP contribution in [0.15, 0.2) is 22.7 Å². The third-order valence-corrected chi connectivity index (χ3v) is 3.30. The lowest BCUT2D eigenvalue weighted by molar-refractivity contribution is -0.136. The number of aryl methyl sites for hydroxylation is 1. The molecule has 0 aliphatic carbocycles. The Morgan fingerprint density at radius 3 is 2.68 bits per heavy atom. The number of carbonyl (C=O) groups excluding carboxylic acids is 2. The Hall–Kier alpha value is -1.40. The van der Waals surface area contributed by atoms with Crippen LogP contribution < -0.4 is 10.6 Å². The molecule has 0 aliphatic heterocycles. The van der Waals surface area contributed by atoms with Crippen LogP contribution in [0, 0.1) is 6.92 Å². The first-order chi connectivity index (χ1) is 9.04. The summed E-state index contributed by atoms with van der Waals surface area (Å²) in [5.74, 6) is -1.32. The predicted octanol–water partition coefficient (Wildman–Crippen LogP) is 1.85. The number of ether oxygens (including phenoxy) is 1. The smallest absolute Gasteiger partial charge is 0.313 e. The molecule has 0 heterocycles. The topological polar surface area (TPSA) is 67.4 Å². The van der Waals surface area contributed by atoms with E-state index in [2.05, 4.69) is 26.6 Å². The molecule has 0 saturated carbocycles. The summed E-state index contributed by atoms with van der Waals surface area (Å²) in [5.41, 5.74) is 1.64. The van der Waals surface area contributed by atoms with Gasteiger partial charge in [0, 0.05) is 30.4 Å². The van der Waals surface area contributed by atoms with Gasteiger partial charge in [-0.2, -0.15) is 0 Å². The summed E-state index contributed by atoms with van der Waals surface area (Å²) in [6.45, 7) is 2.91. The van der Waals surface area contributed by atoms with Crippen LogP contribution in [0.1, 0.15) is 12.0 Å². The van der Waals surface area contributed by atoms with Crippen molar-refractivity contribution in [1.29, 1.82) is 0 Å².